The van der Waals surface area contributed by atoms with Crippen molar-refractivity contribution in [1.29, 1.82) is 0 Å². The molecule has 2 fully saturated rings. The zero-order valence-electron chi connectivity index (χ0n) is 15.8. The highest BCUT2D eigenvalue weighted by Gasteiger charge is 2.35. The standard InChI is InChI=1S/C18H27N3O5S/c1-12-8-21(3-4-25-12)18(23)13-5-15(26-9-13)7-19-16(22)6-14-11-27-17(20-14)10-24-2/h11-13,15H,3-10H2,1-2H3,(H,19,22)/t12?,13-,15-/m0/s1. The first-order valence-electron chi connectivity index (χ1n) is 9.26. The molecule has 27 heavy (non-hydrogen) atoms. The van der Waals surface area contributed by atoms with Gasteiger partial charge in [-0.05, 0) is 13.3 Å². The summed E-state index contributed by atoms with van der Waals surface area (Å²) in [5.41, 5.74) is 0.742. The van der Waals surface area contributed by atoms with Gasteiger partial charge in [-0.3, -0.25) is 9.59 Å². The fraction of sp³-hybridized carbons (Fsp3) is 0.722. The van der Waals surface area contributed by atoms with Gasteiger partial charge in [0.1, 0.15) is 5.01 Å². The van der Waals surface area contributed by atoms with Crippen molar-refractivity contribution in [2.45, 2.75) is 38.6 Å². The monoisotopic (exact) mass is 397 g/mol. The van der Waals surface area contributed by atoms with Crippen molar-refractivity contribution in [3.8, 4) is 0 Å². The highest BCUT2D eigenvalue weighted by Crippen LogP contribution is 2.22. The van der Waals surface area contributed by atoms with Gasteiger partial charge in [0.2, 0.25) is 11.8 Å². The van der Waals surface area contributed by atoms with Gasteiger partial charge in [-0.2, -0.15) is 0 Å². The molecule has 1 N–H and O–H groups in total. The van der Waals surface area contributed by atoms with E-state index >= 15 is 0 Å². The van der Waals surface area contributed by atoms with Crippen molar-refractivity contribution in [2.75, 3.05) is 40.0 Å². The number of amides is 2. The van der Waals surface area contributed by atoms with Crippen LogP contribution in [0.25, 0.3) is 0 Å². The third-order valence-electron chi connectivity index (χ3n) is 4.72. The molecule has 2 saturated heterocycles. The van der Waals surface area contributed by atoms with Crippen molar-refractivity contribution in [3.05, 3.63) is 16.1 Å². The number of ether oxygens (including phenoxy) is 3. The van der Waals surface area contributed by atoms with Gasteiger partial charge in [0.15, 0.2) is 0 Å². The Morgan fingerprint density at radius 1 is 1.44 bits per heavy atom. The molecule has 1 aromatic rings. The van der Waals surface area contributed by atoms with Gasteiger partial charge in [0.25, 0.3) is 0 Å². The largest absolute Gasteiger partial charge is 0.378 e. The molecule has 8 nitrogen and oxygen atoms in total. The molecule has 0 radical (unpaired) electrons. The minimum atomic E-state index is -0.132. The van der Waals surface area contributed by atoms with E-state index in [1.807, 2.05) is 17.2 Å². The third-order valence-corrected chi connectivity index (χ3v) is 5.59. The van der Waals surface area contributed by atoms with Crippen LogP contribution in [0.4, 0.5) is 0 Å². The lowest BCUT2D eigenvalue weighted by Gasteiger charge is -2.32. The molecule has 2 amide bonds. The molecule has 3 heterocycles. The van der Waals surface area contributed by atoms with Gasteiger partial charge in [-0.15, -0.1) is 11.3 Å². The summed E-state index contributed by atoms with van der Waals surface area (Å²) < 4.78 is 16.2. The quantitative estimate of drug-likeness (QED) is 0.725. The van der Waals surface area contributed by atoms with Crippen LogP contribution in [-0.2, 0) is 36.8 Å². The van der Waals surface area contributed by atoms with Crippen molar-refractivity contribution in [1.82, 2.24) is 15.2 Å². The number of morpholine rings is 1. The van der Waals surface area contributed by atoms with E-state index in [-0.39, 0.29) is 36.4 Å². The predicted octanol–water partition coefficient (Wildman–Crippen LogP) is 0.601. The molecule has 3 rings (SSSR count). The van der Waals surface area contributed by atoms with Gasteiger partial charge < -0.3 is 24.4 Å². The number of carbonyl (C=O) groups excluding carboxylic acids is 2. The summed E-state index contributed by atoms with van der Waals surface area (Å²) in [6.07, 6.45) is 0.830. The zero-order valence-corrected chi connectivity index (χ0v) is 16.6. The van der Waals surface area contributed by atoms with Crippen molar-refractivity contribution < 1.29 is 23.8 Å². The van der Waals surface area contributed by atoms with Gasteiger partial charge in [-0.1, -0.05) is 0 Å². The Kier molecular flexibility index (Phi) is 7.17. The van der Waals surface area contributed by atoms with Crippen LogP contribution in [0.2, 0.25) is 0 Å². The Labute approximate surface area is 163 Å². The number of hydrogen-bond donors (Lipinski definition) is 1. The van der Waals surface area contributed by atoms with E-state index in [0.29, 0.717) is 45.9 Å². The molecule has 1 unspecified atom stereocenters. The van der Waals surface area contributed by atoms with Crippen LogP contribution in [0.15, 0.2) is 5.38 Å². The Morgan fingerprint density at radius 3 is 3.07 bits per heavy atom. The molecule has 0 bridgehead atoms. The molecule has 150 valence electrons. The van der Waals surface area contributed by atoms with Crippen molar-refractivity contribution in [2.24, 2.45) is 5.92 Å². The topological polar surface area (TPSA) is 90.0 Å². The second-order valence-electron chi connectivity index (χ2n) is 7.00. The lowest BCUT2D eigenvalue weighted by Crippen LogP contribution is -2.47. The zero-order chi connectivity index (χ0) is 19.2. The number of thiazole rings is 1. The van der Waals surface area contributed by atoms with E-state index in [4.69, 9.17) is 14.2 Å². The Morgan fingerprint density at radius 2 is 2.30 bits per heavy atom. The van der Waals surface area contributed by atoms with Crippen molar-refractivity contribution in [3.63, 3.8) is 0 Å². The second kappa shape index (κ2) is 9.59. The molecule has 0 aromatic carbocycles. The lowest BCUT2D eigenvalue weighted by molar-refractivity contribution is -0.142. The smallest absolute Gasteiger partial charge is 0.228 e. The molecule has 0 spiro atoms. The van der Waals surface area contributed by atoms with Crippen LogP contribution in [0, 0.1) is 5.92 Å². The van der Waals surface area contributed by atoms with Crippen molar-refractivity contribution >= 4 is 23.2 Å². The third kappa shape index (κ3) is 5.71. The van der Waals surface area contributed by atoms with E-state index < -0.39 is 0 Å². The van der Waals surface area contributed by atoms with Crippen LogP contribution in [-0.4, -0.2) is 73.9 Å². The van der Waals surface area contributed by atoms with Crippen LogP contribution in [0.3, 0.4) is 0 Å². The fourth-order valence-electron chi connectivity index (χ4n) is 3.37. The summed E-state index contributed by atoms with van der Waals surface area (Å²) in [6.45, 7) is 5.12. The predicted molar refractivity (Wildman–Crippen MR) is 99.4 cm³/mol. The van der Waals surface area contributed by atoms with Gasteiger partial charge in [0, 0.05) is 32.1 Å². The summed E-state index contributed by atoms with van der Waals surface area (Å²) >= 11 is 1.48. The summed E-state index contributed by atoms with van der Waals surface area (Å²) in [5.74, 6) is -0.0934. The summed E-state index contributed by atoms with van der Waals surface area (Å²) in [5, 5.41) is 5.62. The Balaban J connectivity index is 1.39. The van der Waals surface area contributed by atoms with E-state index in [1.165, 1.54) is 11.3 Å². The molecule has 0 aliphatic carbocycles. The maximum atomic E-state index is 12.6. The van der Waals surface area contributed by atoms with E-state index in [9.17, 15) is 9.59 Å². The maximum absolute atomic E-state index is 12.6. The number of nitrogens with one attached hydrogen (secondary N) is 1. The van der Waals surface area contributed by atoms with Crippen LogP contribution in [0.1, 0.15) is 24.0 Å². The molecule has 1 aromatic heterocycles. The number of nitrogens with zero attached hydrogens (tertiary/aromatic N) is 2. The van der Waals surface area contributed by atoms with Gasteiger partial charge >= 0.3 is 0 Å². The molecule has 3 atom stereocenters. The Bertz CT molecular complexity index is 653. The lowest BCUT2D eigenvalue weighted by atomic mass is 10.0. The van der Waals surface area contributed by atoms with Gasteiger partial charge in [0.05, 0.1) is 50.1 Å². The van der Waals surface area contributed by atoms with Crippen LogP contribution >= 0.6 is 11.3 Å². The van der Waals surface area contributed by atoms with E-state index in [0.717, 1.165) is 10.7 Å². The first-order valence-corrected chi connectivity index (χ1v) is 10.1. The first kappa shape index (κ1) is 20.2. The summed E-state index contributed by atoms with van der Waals surface area (Å²) in [4.78, 5) is 30.9. The molecule has 9 heteroatoms. The normalized spacial score (nSPS) is 25.6. The maximum Gasteiger partial charge on any atom is 0.228 e. The molecule has 0 saturated carbocycles. The average molecular weight is 397 g/mol. The minimum Gasteiger partial charge on any atom is -0.378 e. The summed E-state index contributed by atoms with van der Waals surface area (Å²) in [7, 11) is 1.62. The second-order valence-corrected chi connectivity index (χ2v) is 7.94. The van der Waals surface area contributed by atoms with Crippen LogP contribution in [0.5, 0.6) is 0 Å². The number of methoxy groups -OCH3 is 1. The summed E-state index contributed by atoms with van der Waals surface area (Å²) in [6, 6.07) is 0. The Hall–Kier alpha value is -1.55. The molecule has 2 aliphatic heterocycles. The number of hydrogen-bond acceptors (Lipinski definition) is 7. The highest BCUT2D eigenvalue weighted by molar-refractivity contribution is 7.09. The van der Waals surface area contributed by atoms with Crippen LogP contribution < -0.4 is 5.32 Å². The molecular weight excluding hydrogens is 370 g/mol. The minimum absolute atomic E-state index is 0.0789. The number of aromatic nitrogens is 1. The van der Waals surface area contributed by atoms with E-state index in [2.05, 4.69) is 10.3 Å². The average Bonchev–Trinajstić information content (AvgIpc) is 3.29. The van der Waals surface area contributed by atoms with Gasteiger partial charge in [-0.25, -0.2) is 4.98 Å². The number of rotatable bonds is 7. The first-order chi connectivity index (χ1) is 13.0. The molecule has 2 aliphatic rings. The van der Waals surface area contributed by atoms with E-state index in [1.54, 1.807) is 7.11 Å². The SMILES string of the molecule is COCc1nc(CC(=O)NC[C@@H]2C[C@H](C(=O)N3CCOC(C)C3)CO2)cs1. The molecular formula is C18H27N3O5S. The fourth-order valence-corrected chi connectivity index (χ4v) is 4.14. The number of carbonyl (C=O) groups is 2. The highest BCUT2D eigenvalue weighted by atomic mass is 32.1.